The fourth-order valence-electron chi connectivity index (χ4n) is 8.94. The lowest BCUT2D eigenvalue weighted by Gasteiger charge is -2.54. The van der Waals surface area contributed by atoms with Gasteiger partial charge >= 0.3 is 0 Å². The van der Waals surface area contributed by atoms with E-state index in [4.69, 9.17) is 4.74 Å². The first kappa shape index (κ1) is 23.2. The largest absolute Gasteiger partial charge is 0.359 e. The average Bonchev–Trinajstić information content (AvgIpc) is 3.37. The summed E-state index contributed by atoms with van der Waals surface area (Å²) in [6.45, 7) is 2.52. The fourth-order valence-corrected chi connectivity index (χ4v) is 9.66. The zero-order valence-electron chi connectivity index (χ0n) is 21.7. The van der Waals surface area contributed by atoms with E-state index in [0.29, 0.717) is 11.8 Å². The van der Waals surface area contributed by atoms with Crippen LogP contribution >= 0.6 is 0 Å². The minimum absolute atomic E-state index is 0.0155. The molecule has 0 N–H and O–H groups in total. The molecule has 190 valence electrons. The first-order valence-corrected chi connectivity index (χ1v) is 15.5. The van der Waals surface area contributed by atoms with Crippen molar-refractivity contribution in [1.82, 2.24) is 4.31 Å². The van der Waals surface area contributed by atoms with Crippen molar-refractivity contribution in [2.24, 2.45) is 11.3 Å². The van der Waals surface area contributed by atoms with Gasteiger partial charge in [0.15, 0.2) is 0 Å². The Bertz CT molecular complexity index is 1430. The number of hydrogen-bond acceptors (Lipinski definition) is 3. The number of nitrogens with zero attached hydrogens (tertiary/aromatic N) is 1. The summed E-state index contributed by atoms with van der Waals surface area (Å²) in [5.41, 5.74) is 3.96. The molecule has 7 rings (SSSR count). The van der Waals surface area contributed by atoms with Crippen LogP contribution in [0, 0.1) is 11.3 Å². The number of benzene rings is 2. The van der Waals surface area contributed by atoms with E-state index in [2.05, 4.69) is 61.5 Å². The molecule has 0 unspecified atom stereocenters. The molecule has 2 aliphatic heterocycles. The molecule has 4 nitrogen and oxygen atoms in total. The third kappa shape index (κ3) is 3.09. The van der Waals surface area contributed by atoms with Gasteiger partial charge in [-0.25, -0.2) is 12.7 Å². The molecule has 2 aromatic rings. The molecule has 2 heterocycles. The zero-order chi connectivity index (χ0) is 24.9. The summed E-state index contributed by atoms with van der Waals surface area (Å²) in [6, 6.07) is 15.8. The van der Waals surface area contributed by atoms with Crippen LogP contribution in [0.3, 0.4) is 0 Å². The van der Waals surface area contributed by atoms with Crippen molar-refractivity contribution < 1.29 is 13.2 Å². The Balaban J connectivity index is 1.25. The van der Waals surface area contributed by atoms with Gasteiger partial charge in [-0.2, -0.15) is 0 Å². The standard InChI is InChI=1S/C31H37NO3S/c1-29-15-14-25-19-24-10-11-26(32(2)36(3,33)34)20-30(24)16-17-31(25,35-30)28(29)13-12-27(29)23-9-8-21-6-4-5-7-22(21)18-23/h4-9,14,18-19,26-28H,10-13,15-17,20H2,1-3H3/t26-,27+,28+,29+,30+,31+/m0/s1. The van der Waals surface area contributed by atoms with Gasteiger partial charge in [-0.05, 0) is 96.1 Å². The molecule has 0 radical (unpaired) electrons. The molecule has 2 bridgehead atoms. The highest BCUT2D eigenvalue weighted by atomic mass is 32.2. The van der Waals surface area contributed by atoms with Gasteiger partial charge < -0.3 is 4.74 Å². The molecule has 0 amide bonds. The van der Waals surface area contributed by atoms with E-state index < -0.39 is 10.0 Å². The Morgan fingerprint density at radius 1 is 1.03 bits per heavy atom. The van der Waals surface area contributed by atoms with E-state index in [9.17, 15) is 8.42 Å². The quantitative estimate of drug-likeness (QED) is 0.491. The van der Waals surface area contributed by atoms with E-state index in [1.54, 1.807) is 11.4 Å². The third-order valence-electron chi connectivity index (χ3n) is 10.9. The Hall–Kier alpha value is -1.95. The Kier molecular flexibility index (Phi) is 4.86. The van der Waals surface area contributed by atoms with Crippen molar-refractivity contribution >= 4 is 20.8 Å². The van der Waals surface area contributed by atoms with Gasteiger partial charge in [0, 0.05) is 13.1 Å². The summed E-state index contributed by atoms with van der Waals surface area (Å²) < 4.78 is 33.6. The monoisotopic (exact) mass is 503 g/mol. The smallest absolute Gasteiger partial charge is 0.211 e. The molecule has 5 heteroatoms. The zero-order valence-corrected chi connectivity index (χ0v) is 22.5. The van der Waals surface area contributed by atoms with Crippen molar-refractivity contribution in [2.45, 2.75) is 81.5 Å². The number of rotatable bonds is 3. The average molecular weight is 504 g/mol. The van der Waals surface area contributed by atoms with E-state index in [1.807, 2.05) is 0 Å². The van der Waals surface area contributed by atoms with Crippen LogP contribution in [0.25, 0.3) is 10.8 Å². The summed E-state index contributed by atoms with van der Waals surface area (Å²) in [7, 11) is -1.47. The third-order valence-corrected chi connectivity index (χ3v) is 12.2. The summed E-state index contributed by atoms with van der Waals surface area (Å²) in [5.74, 6) is 1.02. The van der Waals surface area contributed by atoms with E-state index in [1.165, 1.54) is 46.6 Å². The number of ether oxygens (including phenoxy) is 1. The van der Waals surface area contributed by atoms with Gasteiger partial charge in [0.1, 0.15) is 0 Å². The highest BCUT2D eigenvalue weighted by Gasteiger charge is 2.66. The number of sulfonamides is 1. The van der Waals surface area contributed by atoms with Crippen LogP contribution in [0.2, 0.25) is 0 Å². The summed E-state index contributed by atoms with van der Waals surface area (Å²) in [4.78, 5) is 0. The fraction of sp³-hybridized carbons (Fsp3) is 0.548. The summed E-state index contributed by atoms with van der Waals surface area (Å²) in [6.07, 6.45) is 14.5. The van der Waals surface area contributed by atoms with Gasteiger partial charge in [0.25, 0.3) is 0 Å². The SMILES string of the molecule is CN([C@H]1CCC2=CC3=CC[C@]4(C)[C@@H](c5ccc6ccccc6c5)CC[C@H]4[C@@]34CC[C@]2(C1)O4)S(C)(=O)=O. The van der Waals surface area contributed by atoms with E-state index >= 15 is 0 Å². The molecule has 2 saturated carbocycles. The first-order chi connectivity index (χ1) is 17.1. The van der Waals surface area contributed by atoms with Crippen molar-refractivity contribution in [2.75, 3.05) is 13.3 Å². The van der Waals surface area contributed by atoms with Gasteiger partial charge in [0.05, 0.1) is 17.5 Å². The van der Waals surface area contributed by atoms with Gasteiger partial charge in [0.2, 0.25) is 10.0 Å². The summed E-state index contributed by atoms with van der Waals surface area (Å²) >= 11 is 0. The highest BCUT2D eigenvalue weighted by molar-refractivity contribution is 7.88. The van der Waals surface area contributed by atoms with Gasteiger partial charge in [-0.15, -0.1) is 0 Å². The van der Waals surface area contributed by atoms with Crippen LogP contribution in [0.4, 0.5) is 0 Å². The number of hydrogen-bond donors (Lipinski definition) is 0. The molecule has 1 saturated heterocycles. The van der Waals surface area contributed by atoms with Crippen LogP contribution in [0.15, 0.2) is 65.8 Å². The topological polar surface area (TPSA) is 46.6 Å². The molecule has 5 aliphatic rings. The highest BCUT2D eigenvalue weighted by Crippen LogP contribution is 2.69. The van der Waals surface area contributed by atoms with Gasteiger partial charge in [-0.1, -0.05) is 61.5 Å². The number of allylic oxidation sites excluding steroid dienone is 1. The van der Waals surface area contributed by atoms with Crippen molar-refractivity contribution in [1.29, 1.82) is 0 Å². The van der Waals surface area contributed by atoms with Crippen molar-refractivity contribution in [3.63, 3.8) is 0 Å². The predicted octanol–water partition coefficient (Wildman–Crippen LogP) is 6.34. The lowest BCUT2D eigenvalue weighted by Crippen LogP contribution is -2.55. The van der Waals surface area contributed by atoms with Crippen LogP contribution < -0.4 is 0 Å². The Labute approximate surface area is 215 Å². The molecule has 2 aromatic carbocycles. The lowest BCUT2D eigenvalue weighted by molar-refractivity contribution is -0.138. The van der Waals surface area contributed by atoms with Crippen LogP contribution in [0.1, 0.15) is 69.8 Å². The van der Waals surface area contributed by atoms with Crippen molar-refractivity contribution in [3.05, 3.63) is 71.3 Å². The van der Waals surface area contributed by atoms with Gasteiger partial charge in [-0.3, -0.25) is 0 Å². The maximum atomic E-state index is 12.3. The van der Waals surface area contributed by atoms with Crippen molar-refractivity contribution in [3.8, 4) is 0 Å². The molecular formula is C31H37NO3S. The normalized spacial score (nSPS) is 39.4. The van der Waals surface area contributed by atoms with Crippen LogP contribution in [0.5, 0.6) is 0 Å². The lowest BCUT2D eigenvalue weighted by atomic mass is 9.58. The molecule has 36 heavy (non-hydrogen) atoms. The molecule has 3 aliphatic carbocycles. The van der Waals surface area contributed by atoms with Crippen LogP contribution in [-0.4, -0.2) is 43.3 Å². The molecule has 6 atom stereocenters. The predicted molar refractivity (Wildman–Crippen MR) is 144 cm³/mol. The first-order valence-electron chi connectivity index (χ1n) is 13.7. The second-order valence-electron chi connectivity index (χ2n) is 12.5. The molecule has 2 spiro atoms. The minimum Gasteiger partial charge on any atom is -0.359 e. The minimum atomic E-state index is -3.22. The molecular weight excluding hydrogens is 466 g/mol. The number of fused-ring (bicyclic) bond motifs is 2. The second kappa shape index (κ2) is 7.55. The molecule has 0 aromatic heterocycles. The van der Waals surface area contributed by atoms with E-state index in [-0.39, 0.29) is 22.7 Å². The van der Waals surface area contributed by atoms with Crippen LogP contribution in [-0.2, 0) is 14.8 Å². The maximum absolute atomic E-state index is 12.3. The van der Waals surface area contributed by atoms with E-state index in [0.717, 1.165) is 38.5 Å². The second-order valence-corrected chi connectivity index (χ2v) is 14.5. The Morgan fingerprint density at radius 3 is 2.64 bits per heavy atom. The Morgan fingerprint density at radius 2 is 1.83 bits per heavy atom. The summed E-state index contributed by atoms with van der Waals surface area (Å²) in [5, 5.41) is 2.64. The molecule has 3 fully saturated rings. The maximum Gasteiger partial charge on any atom is 0.211 e.